The largest absolute Gasteiger partial charge is 0.497 e. The number of aryl methyl sites for hydroxylation is 1. The molecule has 10 nitrogen and oxygen atoms in total. The normalized spacial score (nSPS) is 11.0. The number of methoxy groups -OCH3 is 2. The van der Waals surface area contributed by atoms with Crippen molar-refractivity contribution in [3.8, 4) is 34.1 Å². The molecule has 3 heterocycles. The van der Waals surface area contributed by atoms with E-state index in [2.05, 4.69) is 20.3 Å². The summed E-state index contributed by atoms with van der Waals surface area (Å²) >= 11 is 0. The fourth-order valence-corrected chi connectivity index (χ4v) is 3.64. The first kappa shape index (κ1) is 23.0. The van der Waals surface area contributed by atoms with Crippen LogP contribution in [0.3, 0.4) is 0 Å². The lowest BCUT2D eigenvalue weighted by molar-refractivity contribution is 0.0432. The zero-order valence-electron chi connectivity index (χ0n) is 19.4. The van der Waals surface area contributed by atoms with Gasteiger partial charge in [-0.3, -0.25) is 0 Å². The van der Waals surface area contributed by atoms with Gasteiger partial charge in [-0.15, -0.1) is 0 Å². The van der Waals surface area contributed by atoms with Crippen molar-refractivity contribution >= 4 is 17.1 Å². The quantitative estimate of drug-likeness (QED) is 0.295. The van der Waals surface area contributed by atoms with Gasteiger partial charge in [-0.2, -0.15) is 4.98 Å². The Morgan fingerprint density at radius 2 is 1.78 bits per heavy atom. The molecule has 0 radical (unpaired) electrons. The maximum Gasteiger partial charge on any atom is 0.339 e. The Bertz CT molecular complexity index is 1560. The van der Waals surface area contributed by atoms with Gasteiger partial charge in [0, 0.05) is 11.6 Å². The third-order valence-corrected chi connectivity index (χ3v) is 5.42. The lowest BCUT2D eigenvalue weighted by Crippen LogP contribution is -2.07. The molecule has 5 rings (SSSR count). The van der Waals surface area contributed by atoms with Crippen LogP contribution in [-0.2, 0) is 11.3 Å². The molecule has 0 aliphatic heterocycles. The second-order valence-electron chi connectivity index (χ2n) is 7.66. The van der Waals surface area contributed by atoms with Crippen molar-refractivity contribution in [3.05, 3.63) is 71.5 Å². The minimum atomic E-state index is -0.668. The van der Waals surface area contributed by atoms with Crippen molar-refractivity contribution in [2.24, 2.45) is 0 Å². The highest BCUT2D eigenvalue weighted by atomic mass is 19.1. The zero-order valence-corrected chi connectivity index (χ0v) is 19.4. The summed E-state index contributed by atoms with van der Waals surface area (Å²) in [7, 11) is 3.07. The van der Waals surface area contributed by atoms with Crippen LogP contribution in [0.15, 0.2) is 57.6 Å². The molecule has 0 aliphatic rings. The van der Waals surface area contributed by atoms with E-state index in [1.165, 1.54) is 19.2 Å². The van der Waals surface area contributed by atoms with Gasteiger partial charge in [0.15, 0.2) is 6.61 Å². The highest BCUT2D eigenvalue weighted by molar-refractivity contribution is 6.04. The lowest BCUT2D eigenvalue weighted by Gasteiger charge is -2.07. The third kappa shape index (κ3) is 4.33. The van der Waals surface area contributed by atoms with Gasteiger partial charge in [0.05, 0.1) is 42.1 Å². The topological polar surface area (TPSA) is 123 Å². The van der Waals surface area contributed by atoms with Crippen LogP contribution in [-0.4, -0.2) is 40.5 Å². The number of rotatable bonds is 7. The number of nitrogens with zero attached hydrogens (tertiary/aromatic N) is 4. The van der Waals surface area contributed by atoms with E-state index in [9.17, 15) is 9.18 Å². The summed E-state index contributed by atoms with van der Waals surface area (Å²) in [5, 5.41) is 8.28. The third-order valence-electron chi connectivity index (χ3n) is 5.42. The molecule has 0 saturated carbocycles. The minimum Gasteiger partial charge on any atom is -0.497 e. The molecule has 0 spiro atoms. The van der Waals surface area contributed by atoms with E-state index in [0.29, 0.717) is 39.4 Å². The summed E-state index contributed by atoms with van der Waals surface area (Å²) < 4.78 is 39.9. The number of hydrogen-bond donors (Lipinski definition) is 0. The number of carbonyl (C=O) groups excluding carboxylic acids is 1. The molecule has 0 N–H and O–H groups in total. The highest BCUT2D eigenvalue weighted by Gasteiger charge is 2.22. The predicted octanol–water partition coefficient (Wildman–Crippen LogP) is 4.76. The van der Waals surface area contributed by atoms with Gasteiger partial charge in [-0.1, -0.05) is 10.3 Å². The first-order chi connectivity index (χ1) is 17.5. The summed E-state index contributed by atoms with van der Waals surface area (Å²) in [4.78, 5) is 21.8. The number of pyridine rings is 1. The van der Waals surface area contributed by atoms with Crippen LogP contribution in [0.25, 0.3) is 33.7 Å². The molecule has 0 atom stereocenters. The van der Waals surface area contributed by atoms with E-state index < -0.39 is 5.97 Å². The zero-order chi connectivity index (χ0) is 25.2. The minimum absolute atomic E-state index is 0.0855. The Kier molecular flexibility index (Phi) is 6.03. The van der Waals surface area contributed by atoms with Crippen molar-refractivity contribution in [3.63, 3.8) is 0 Å². The molecule has 0 saturated heterocycles. The molecule has 36 heavy (non-hydrogen) atoms. The Morgan fingerprint density at radius 3 is 2.53 bits per heavy atom. The number of fused-ring (bicyclic) bond motifs is 1. The van der Waals surface area contributed by atoms with E-state index in [1.807, 2.05) is 0 Å². The summed E-state index contributed by atoms with van der Waals surface area (Å²) in [5.74, 6) is 0.401. The van der Waals surface area contributed by atoms with Crippen molar-refractivity contribution in [1.29, 1.82) is 0 Å². The molecule has 0 bridgehead atoms. The van der Waals surface area contributed by atoms with Crippen LogP contribution in [0.1, 0.15) is 21.9 Å². The second-order valence-corrected chi connectivity index (χ2v) is 7.66. The van der Waals surface area contributed by atoms with Crippen molar-refractivity contribution in [1.82, 2.24) is 20.3 Å². The first-order valence-electron chi connectivity index (χ1n) is 10.7. The maximum absolute atomic E-state index is 13.4. The molecular weight excluding hydrogens is 471 g/mol. The van der Waals surface area contributed by atoms with Gasteiger partial charge in [-0.25, -0.2) is 14.2 Å². The molecule has 2 aromatic carbocycles. The summed E-state index contributed by atoms with van der Waals surface area (Å²) in [5.41, 5.74) is 2.40. The van der Waals surface area contributed by atoms with Crippen LogP contribution in [0, 0.1) is 12.7 Å². The average molecular weight is 490 g/mol. The van der Waals surface area contributed by atoms with Gasteiger partial charge in [0.2, 0.25) is 5.82 Å². The van der Waals surface area contributed by atoms with Crippen LogP contribution < -0.4 is 9.47 Å². The Balaban J connectivity index is 1.40. The van der Waals surface area contributed by atoms with Crippen LogP contribution in [0.5, 0.6) is 11.5 Å². The molecule has 0 amide bonds. The standard InChI is InChI=1S/C25H19FN4O6/c1-13-22-18(11-19(27-24(22)36-29-13)14-4-6-15(26)7-5-14)25(31)34-12-21-28-23(30-35-21)17-9-8-16(32-2)10-20(17)33-3/h4-11H,12H2,1-3H3. The number of esters is 1. The van der Waals surface area contributed by atoms with Crippen LogP contribution in [0.4, 0.5) is 4.39 Å². The number of ether oxygens (including phenoxy) is 3. The second kappa shape index (κ2) is 9.45. The average Bonchev–Trinajstić information content (AvgIpc) is 3.53. The van der Waals surface area contributed by atoms with E-state index in [-0.39, 0.29) is 35.4 Å². The van der Waals surface area contributed by atoms with Gasteiger partial charge >= 0.3 is 5.97 Å². The molecule has 182 valence electrons. The van der Waals surface area contributed by atoms with Gasteiger partial charge in [0.25, 0.3) is 11.6 Å². The van der Waals surface area contributed by atoms with Crippen molar-refractivity contribution in [2.75, 3.05) is 14.2 Å². The highest BCUT2D eigenvalue weighted by Crippen LogP contribution is 2.32. The molecule has 11 heteroatoms. The lowest BCUT2D eigenvalue weighted by atomic mass is 10.1. The Hall–Kier alpha value is -4.80. The van der Waals surface area contributed by atoms with Gasteiger partial charge < -0.3 is 23.3 Å². The SMILES string of the molecule is COc1ccc(-c2noc(COC(=O)c3cc(-c4ccc(F)cc4)nc4onc(C)c34)n2)c(OC)c1. The number of halogens is 1. The number of carbonyl (C=O) groups is 1. The summed E-state index contributed by atoms with van der Waals surface area (Å²) in [6.45, 7) is 1.42. The molecular formula is C25H19FN4O6. The van der Waals surface area contributed by atoms with Crippen molar-refractivity contribution in [2.45, 2.75) is 13.5 Å². The van der Waals surface area contributed by atoms with Crippen molar-refractivity contribution < 1.29 is 32.4 Å². The van der Waals surface area contributed by atoms with Crippen LogP contribution >= 0.6 is 0 Å². The predicted molar refractivity (Wildman–Crippen MR) is 124 cm³/mol. The van der Waals surface area contributed by atoms with Gasteiger partial charge in [0.1, 0.15) is 17.3 Å². The first-order valence-corrected chi connectivity index (χ1v) is 10.7. The number of benzene rings is 2. The van der Waals surface area contributed by atoms with E-state index in [1.54, 1.807) is 50.4 Å². The molecule has 5 aromatic rings. The van der Waals surface area contributed by atoms with E-state index >= 15 is 0 Å². The fourth-order valence-electron chi connectivity index (χ4n) is 3.64. The summed E-state index contributed by atoms with van der Waals surface area (Å²) in [6.07, 6.45) is 0. The van der Waals surface area contributed by atoms with Crippen LogP contribution in [0.2, 0.25) is 0 Å². The van der Waals surface area contributed by atoms with E-state index in [0.717, 1.165) is 0 Å². The summed E-state index contributed by atoms with van der Waals surface area (Å²) in [6, 6.07) is 12.4. The van der Waals surface area contributed by atoms with Gasteiger partial charge in [-0.05, 0) is 49.4 Å². The molecule has 3 aromatic heterocycles. The number of aromatic nitrogens is 4. The monoisotopic (exact) mass is 490 g/mol. The Labute approximate surface area is 203 Å². The number of hydrogen-bond acceptors (Lipinski definition) is 10. The molecule has 0 unspecified atom stereocenters. The molecule has 0 aliphatic carbocycles. The Morgan fingerprint density at radius 1 is 0.972 bits per heavy atom. The maximum atomic E-state index is 13.4. The van der Waals surface area contributed by atoms with E-state index in [4.69, 9.17) is 23.3 Å². The smallest absolute Gasteiger partial charge is 0.339 e. The fraction of sp³-hybridized carbons (Fsp3) is 0.160. The molecule has 0 fully saturated rings.